The van der Waals surface area contributed by atoms with Crippen molar-refractivity contribution in [3.63, 3.8) is 0 Å². The van der Waals surface area contributed by atoms with Gasteiger partial charge in [0.2, 0.25) is 5.91 Å². The number of nitrogens with zero attached hydrogens (tertiary/aromatic N) is 1. The molecule has 0 saturated heterocycles. The number of hydrogen-bond donors (Lipinski definition) is 2. The van der Waals surface area contributed by atoms with Gasteiger partial charge in [-0.15, -0.1) is 11.3 Å². The summed E-state index contributed by atoms with van der Waals surface area (Å²) in [6.07, 6.45) is 1.45. The van der Waals surface area contributed by atoms with Crippen molar-refractivity contribution in [2.24, 2.45) is 0 Å². The average molecular weight is 227 g/mol. The topological polar surface area (TPSA) is 54.0 Å². The van der Waals surface area contributed by atoms with Gasteiger partial charge < -0.3 is 10.6 Å². The Labute approximate surface area is 94.1 Å². The molecule has 0 aromatic carbocycles. The zero-order valence-electron chi connectivity index (χ0n) is 9.17. The van der Waals surface area contributed by atoms with Crippen LogP contribution in [0, 0.1) is 6.92 Å². The Morgan fingerprint density at radius 3 is 3.00 bits per heavy atom. The number of amides is 1. The molecule has 0 spiro atoms. The SMILES string of the molecule is CNC(=O)CCCNCc1nc(C)cs1. The van der Waals surface area contributed by atoms with Crippen LogP contribution in [0.5, 0.6) is 0 Å². The summed E-state index contributed by atoms with van der Waals surface area (Å²) in [5, 5.41) is 9.01. The number of rotatable bonds is 6. The highest BCUT2D eigenvalue weighted by Gasteiger charge is 1.99. The van der Waals surface area contributed by atoms with Crippen molar-refractivity contribution in [3.8, 4) is 0 Å². The second-order valence-electron chi connectivity index (χ2n) is 3.34. The van der Waals surface area contributed by atoms with Gasteiger partial charge in [0.05, 0.1) is 0 Å². The molecule has 0 fully saturated rings. The van der Waals surface area contributed by atoms with E-state index >= 15 is 0 Å². The van der Waals surface area contributed by atoms with Crippen LogP contribution in [0.4, 0.5) is 0 Å². The van der Waals surface area contributed by atoms with Gasteiger partial charge in [-0.25, -0.2) is 4.98 Å². The first-order valence-corrected chi connectivity index (χ1v) is 5.92. The molecule has 15 heavy (non-hydrogen) atoms. The van der Waals surface area contributed by atoms with E-state index in [2.05, 4.69) is 15.6 Å². The number of carbonyl (C=O) groups is 1. The van der Waals surface area contributed by atoms with Gasteiger partial charge in [0, 0.05) is 31.1 Å². The Bertz CT molecular complexity index is 311. The van der Waals surface area contributed by atoms with E-state index in [-0.39, 0.29) is 5.91 Å². The Morgan fingerprint density at radius 2 is 2.40 bits per heavy atom. The van der Waals surface area contributed by atoms with Crippen LogP contribution in [0.3, 0.4) is 0 Å². The lowest BCUT2D eigenvalue weighted by Crippen LogP contribution is -2.20. The molecular weight excluding hydrogens is 210 g/mol. The molecule has 0 aliphatic rings. The fraction of sp³-hybridized carbons (Fsp3) is 0.600. The molecule has 0 atom stereocenters. The molecule has 0 unspecified atom stereocenters. The second kappa shape index (κ2) is 6.53. The summed E-state index contributed by atoms with van der Waals surface area (Å²) in [7, 11) is 1.66. The molecule has 0 bridgehead atoms. The normalized spacial score (nSPS) is 10.3. The van der Waals surface area contributed by atoms with Gasteiger partial charge in [-0.1, -0.05) is 0 Å². The standard InChI is InChI=1S/C10H17N3OS/c1-8-7-15-10(13-8)6-12-5-3-4-9(14)11-2/h7,12H,3-6H2,1-2H3,(H,11,14). The number of thiazole rings is 1. The van der Waals surface area contributed by atoms with Crippen LogP contribution in [-0.2, 0) is 11.3 Å². The highest BCUT2D eigenvalue weighted by atomic mass is 32.1. The molecule has 1 heterocycles. The van der Waals surface area contributed by atoms with Crippen molar-refractivity contribution in [3.05, 3.63) is 16.1 Å². The van der Waals surface area contributed by atoms with Gasteiger partial charge in [0.15, 0.2) is 0 Å². The maximum atomic E-state index is 10.9. The van der Waals surface area contributed by atoms with E-state index in [0.29, 0.717) is 6.42 Å². The number of aryl methyl sites for hydroxylation is 1. The lowest BCUT2D eigenvalue weighted by molar-refractivity contribution is -0.120. The molecule has 0 radical (unpaired) electrons. The van der Waals surface area contributed by atoms with Gasteiger partial charge in [-0.05, 0) is 19.9 Å². The molecule has 1 amide bonds. The van der Waals surface area contributed by atoms with Crippen LogP contribution in [0.1, 0.15) is 23.5 Å². The van der Waals surface area contributed by atoms with Crippen molar-refractivity contribution in [1.29, 1.82) is 0 Å². The minimum Gasteiger partial charge on any atom is -0.359 e. The summed E-state index contributed by atoms with van der Waals surface area (Å²) in [5.41, 5.74) is 1.07. The van der Waals surface area contributed by atoms with Crippen LogP contribution in [0.15, 0.2) is 5.38 Å². The predicted molar refractivity (Wildman–Crippen MR) is 61.9 cm³/mol. The molecule has 2 N–H and O–H groups in total. The van der Waals surface area contributed by atoms with Gasteiger partial charge in [-0.3, -0.25) is 4.79 Å². The van der Waals surface area contributed by atoms with Gasteiger partial charge in [0.1, 0.15) is 5.01 Å². The highest BCUT2D eigenvalue weighted by Crippen LogP contribution is 2.07. The molecular formula is C10H17N3OS. The van der Waals surface area contributed by atoms with E-state index in [1.807, 2.05) is 12.3 Å². The van der Waals surface area contributed by atoms with E-state index in [9.17, 15) is 4.79 Å². The summed E-state index contributed by atoms with van der Waals surface area (Å²) in [6, 6.07) is 0. The Morgan fingerprint density at radius 1 is 1.60 bits per heavy atom. The molecule has 1 aromatic rings. The third kappa shape index (κ3) is 4.90. The largest absolute Gasteiger partial charge is 0.359 e. The molecule has 0 aliphatic heterocycles. The Balaban J connectivity index is 2.05. The van der Waals surface area contributed by atoms with E-state index in [1.54, 1.807) is 18.4 Å². The summed E-state index contributed by atoms with van der Waals surface area (Å²) in [5.74, 6) is 0.0990. The fourth-order valence-electron chi connectivity index (χ4n) is 1.18. The lowest BCUT2D eigenvalue weighted by atomic mass is 10.3. The maximum absolute atomic E-state index is 10.9. The zero-order valence-corrected chi connectivity index (χ0v) is 9.99. The van der Waals surface area contributed by atoms with E-state index in [1.165, 1.54) is 0 Å². The average Bonchev–Trinajstić information content (AvgIpc) is 2.63. The highest BCUT2D eigenvalue weighted by molar-refractivity contribution is 7.09. The van der Waals surface area contributed by atoms with Crippen molar-refractivity contribution < 1.29 is 4.79 Å². The van der Waals surface area contributed by atoms with Crippen LogP contribution in [0.25, 0.3) is 0 Å². The Kier molecular flexibility index (Phi) is 5.28. The van der Waals surface area contributed by atoms with Crippen LogP contribution in [-0.4, -0.2) is 24.5 Å². The number of carbonyl (C=O) groups excluding carboxylic acids is 1. The van der Waals surface area contributed by atoms with Crippen LogP contribution < -0.4 is 10.6 Å². The maximum Gasteiger partial charge on any atom is 0.219 e. The molecule has 1 aromatic heterocycles. The minimum absolute atomic E-state index is 0.0990. The number of hydrogen-bond acceptors (Lipinski definition) is 4. The smallest absolute Gasteiger partial charge is 0.219 e. The zero-order chi connectivity index (χ0) is 11.1. The fourth-order valence-corrected chi connectivity index (χ4v) is 1.92. The minimum atomic E-state index is 0.0990. The first-order chi connectivity index (χ1) is 7.22. The molecule has 0 saturated carbocycles. The third-order valence-corrected chi connectivity index (χ3v) is 2.95. The van der Waals surface area contributed by atoms with Gasteiger partial charge in [0.25, 0.3) is 0 Å². The Hall–Kier alpha value is -0.940. The second-order valence-corrected chi connectivity index (χ2v) is 4.28. The van der Waals surface area contributed by atoms with Crippen LogP contribution >= 0.6 is 11.3 Å². The number of aromatic nitrogens is 1. The summed E-state index contributed by atoms with van der Waals surface area (Å²) in [6.45, 7) is 3.64. The van der Waals surface area contributed by atoms with Crippen molar-refractivity contribution >= 4 is 17.2 Å². The van der Waals surface area contributed by atoms with Gasteiger partial charge in [-0.2, -0.15) is 0 Å². The molecule has 5 heteroatoms. The van der Waals surface area contributed by atoms with Crippen molar-refractivity contribution in [2.75, 3.05) is 13.6 Å². The molecule has 1 rings (SSSR count). The van der Waals surface area contributed by atoms with E-state index < -0.39 is 0 Å². The van der Waals surface area contributed by atoms with E-state index in [4.69, 9.17) is 0 Å². The van der Waals surface area contributed by atoms with E-state index in [0.717, 1.165) is 30.2 Å². The third-order valence-electron chi connectivity index (χ3n) is 1.98. The first-order valence-electron chi connectivity index (χ1n) is 5.04. The lowest BCUT2D eigenvalue weighted by Gasteiger charge is -2.01. The quantitative estimate of drug-likeness (QED) is 0.715. The molecule has 84 valence electrons. The van der Waals surface area contributed by atoms with Crippen LogP contribution in [0.2, 0.25) is 0 Å². The predicted octanol–water partition coefficient (Wildman–Crippen LogP) is 1.07. The van der Waals surface area contributed by atoms with Gasteiger partial charge >= 0.3 is 0 Å². The van der Waals surface area contributed by atoms with Crippen molar-refractivity contribution in [1.82, 2.24) is 15.6 Å². The van der Waals surface area contributed by atoms with Crippen molar-refractivity contribution in [2.45, 2.75) is 26.3 Å². The molecule has 0 aliphatic carbocycles. The monoisotopic (exact) mass is 227 g/mol. The summed E-state index contributed by atoms with van der Waals surface area (Å²) < 4.78 is 0. The summed E-state index contributed by atoms with van der Waals surface area (Å²) >= 11 is 1.67. The summed E-state index contributed by atoms with van der Waals surface area (Å²) in [4.78, 5) is 15.2. The molecule has 4 nitrogen and oxygen atoms in total. The number of nitrogens with one attached hydrogen (secondary N) is 2. The first kappa shape index (κ1) is 12.1.